The fraction of sp³-hybridized carbons (Fsp3) is 0.812. The Hall–Kier alpha value is -0.830. The van der Waals surface area contributed by atoms with Crippen LogP contribution in [0.2, 0.25) is 0 Å². The van der Waals surface area contributed by atoms with Crippen LogP contribution < -0.4 is 5.73 Å². The van der Waals surface area contributed by atoms with Crippen LogP contribution in [0.1, 0.15) is 70.2 Å². The Morgan fingerprint density at radius 3 is 2.47 bits per heavy atom. The lowest BCUT2D eigenvalue weighted by Crippen LogP contribution is -2.23. The summed E-state index contributed by atoms with van der Waals surface area (Å²) in [5.41, 5.74) is 8.67. The van der Waals surface area contributed by atoms with E-state index >= 15 is 0 Å². The van der Waals surface area contributed by atoms with Crippen LogP contribution >= 0.6 is 0 Å². The minimum absolute atomic E-state index is 0.284. The van der Waals surface area contributed by atoms with Crippen molar-refractivity contribution >= 4 is 0 Å². The van der Waals surface area contributed by atoms with Gasteiger partial charge in [-0.15, -0.1) is 0 Å². The van der Waals surface area contributed by atoms with Crippen molar-refractivity contribution < 1.29 is 0 Å². The highest BCUT2D eigenvalue weighted by Gasteiger charge is 2.09. The molecule has 1 aromatic heterocycles. The molecule has 0 aliphatic heterocycles. The first-order valence-corrected chi connectivity index (χ1v) is 7.94. The predicted octanol–water partition coefficient (Wildman–Crippen LogP) is 3.60. The van der Waals surface area contributed by atoms with Crippen LogP contribution in [0.5, 0.6) is 0 Å². The number of nitrogens with two attached hydrogens (primary N) is 1. The smallest absolute Gasteiger partial charge is 0.0624 e. The number of unbranched alkanes of at least 4 members (excludes halogenated alkanes) is 5. The van der Waals surface area contributed by atoms with Gasteiger partial charge in [-0.1, -0.05) is 52.4 Å². The zero-order chi connectivity index (χ0) is 14.1. The van der Waals surface area contributed by atoms with Crippen molar-refractivity contribution in [3.05, 3.63) is 17.5 Å². The van der Waals surface area contributed by atoms with Gasteiger partial charge in [-0.25, -0.2) is 0 Å². The lowest BCUT2D eigenvalue weighted by Gasteiger charge is -2.11. The summed E-state index contributed by atoms with van der Waals surface area (Å²) in [6, 6.07) is 2.48. The summed E-state index contributed by atoms with van der Waals surface area (Å²) in [5, 5.41) is 4.47. The molecule has 0 saturated heterocycles. The SMILES string of the molecule is CCCCCCCCC(N)Cc1cc(CC)nn1C. The van der Waals surface area contributed by atoms with Crippen LogP contribution in [0.4, 0.5) is 0 Å². The summed E-state index contributed by atoms with van der Waals surface area (Å²) < 4.78 is 1.99. The molecular weight excluding hydrogens is 234 g/mol. The molecule has 1 aromatic rings. The van der Waals surface area contributed by atoms with Crippen LogP contribution in [-0.2, 0) is 19.9 Å². The first-order valence-electron chi connectivity index (χ1n) is 7.94. The Kier molecular flexibility index (Phi) is 7.80. The number of nitrogens with zero attached hydrogens (tertiary/aromatic N) is 2. The molecule has 0 saturated carbocycles. The standard InChI is InChI=1S/C16H31N3/c1-4-6-7-8-9-10-11-14(17)12-16-13-15(5-2)18-19(16)3/h13-14H,4-12,17H2,1-3H3. The molecule has 19 heavy (non-hydrogen) atoms. The van der Waals surface area contributed by atoms with Gasteiger partial charge in [0.15, 0.2) is 0 Å². The summed E-state index contributed by atoms with van der Waals surface area (Å²) in [6.07, 6.45) is 11.1. The van der Waals surface area contributed by atoms with E-state index < -0.39 is 0 Å². The maximum Gasteiger partial charge on any atom is 0.0624 e. The Balaban J connectivity index is 2.19. The molecule has 2 N–H and O–H groups in total. The molecule has 1 unspecified atom stereocenters. The Labute approximate surface area is 118 Å². The molecule has 110 valence electrons. The second-order valence-corrected chi connectivity index (χ2v) is 5.62. The number of hydrogen-bond acceptors (Lipinski definition) is 2. The zero-order valence-electron chi connectivity index (χ0n) is 13.0. The quantitative estimate of drug-likeness (QED) is 0.657. The maximum atomic E-state index is 6.23. The average Bonchev–Trinajstić information content (AvgIpc) is 2.74. The second-order valence-electron chi connectivity index (χ2n) is 5.62. The van der Waals surface area contributed by atoms with E-state index in [2.05, 4.69) is 25.0 Å². The highest BCUT2D eigenvalue weighted by atomic mass is 15.3. The molecule has 0 radical (unpaired) electrons. The van der Waals surface area contributed by atoms with Gasteiger partial charge in [0.2, 0.25) is 0 Å². The van der Waals surface area contributed by atoms with Gasteiger partial charge in [0, 0.05) is 25.2 Å². The topological polar surface area (TPSA) is 43.8 Å². The molecule has 0 spiro atoms. The fourth-order valence-electron chi connectivity index (χ4n) is 2.49. The number of rotatable bonds is 10. The predicted molar refractivity (Wildman–Crippen MR) is 82.3 cm³/mol. The molecule has 0 aliphatic carbocycles. The normalized spacial score (nSPS) is 12.8. The van der Waals surface area contributed by atoms with E-state index in [1.807, 2.05) is 11.7 Å². The van der Waals surface area contributed by atoms with E-state index in [1.54, 1.807) is 0 Å². The van der Waals surface area contributed by atoms with Gasteiger partial charge < -0.3 is 5.73 Å². The third kappa shape index (κ3) is 6.24. The molecule has 1 atom stereocenters. The molecule has 1 heterocycles. The van der Waals surface area contributed by atoms with Crippen molar-refractivity contribution in [3.8, 4) is 0 Å². The molecule has 0 fully saturated rings. The van der Waals surface area contributed by atoms with Crippen LogP contribution in [0.15, 0.2) is 6.07 Å². The third-order valence-electron chi connectivity index (χ3n) is 3.79. The summed E-state index contributed by atoms with van der Waals surface area (Å²) in [5.74, 6) is 0. The van der Waals surface area contributed by atoms with Gasteiger partial charge in [-0.05, 0) is 18.9 Å². The molecule has 1 rings (SSSR count). The summed E-state index contributed by atoms with van der Waals surface area (Å²) in [4.78, 5) is 0. The van der Waals surface area contributed by atoms with E-state index in [1.165, 1.54) is 49.9 Å². The van der Waals surface area contributed by atoms with Gasteiger partial charge in [-0.3, -0.25) is 4.68 Å². The zero-order valence-corrected chi connectivity index (χ0v) is 13.0. The molecular formula is C16H31N3. The lowest BCUT2D eigenvalue weighted by atomic mass is 10.0. The van der Waals surface area contributed by atoms with Crippen molar-refractivity contribution in [1.82, 2.24) is 9.78 Å². The molecule has 0 aromatic carbocycles. The maximum absolute atomic E-state index is 6.23. The van der Waals surface area contributed by atoms with E-state index in [-0.39, 0.29) is 6.04 Å². The van der Waals surface area contributed by atoms with Crippen LogP contribution in [0.25, 0.3) is 0 Å². The first kappa shape index (κ1) is 16.2. The van der Waals surface area contributed by atoms with Crippen molar-refractivity contribution in [2.45, 2.75) is 77.7 Å². The molecule has 0 aliphatic rings. The van der Waals surface area contributed by atoms with Crippen molar-refractivity contribution in [1.29, 1.82) is 0 Å². The van der Waals surface area contributed by atoms with Gasteiger partial charge >= 0.3 is 0 Å². The van der Waals surface area contributed by atoms with E-state index in [0.29, 0.717) is 0 Å². The highest BCUT2D eigenvalue weighted by Crippen LogP contribution is 2.11. The first-order chi connectivity index (χ1) is 9.17. The van der Waals surface area contributed by atoms with E-state index in [4.69, 9.17) is 5.73 Å². The molecule has 0 bridgehead atoms. The summed E-state index contributed by atoms with van der Waals surface area (Å²) in [6.45, 7) is 4.40. The number of hydrogen-bond donors (Lipinski definition) is 1. The van der Waals surface area contributed by atoms with Crippen molar-refractivity contribution in [2.24, 2.45) is 12.8 Å². The summed E-state index contributed by atoms with van der Waals surface area (Å²) in [7, 11) is 2.02. The van der Waals surface area contributed by atoms with Crippen LogP contribution in [-0.4, -0.2) is 15.8 Å². The monoisotopic (exact) mass is 265 g/mol. The van der Waals surface area contributed by atoms with Gasteiger partial charge in [-0.2, -0.15) is 5.10 Å². The lowest BCUT2D eigenvalue weighted by molar-refractivity contribution is 0.521. The van der Waals surface area contributed by atoms with Crippen molar-refractivity contribution in [2.75, 3.05) is 0 Å². The number of aromatic nitrogens is 2. The Bertz CT molecular complexity index is 344. The van der Waals surface area contributed by atoms with Gasteiger partial charge in [0.1, 0.15) is 0 Å². The molecule has 0 amide bonds. The minimum Gasteiger partial charge on any atom is -0.327 e. The van der Waals surface area contributed by atoms with E-state index in [9.17, 15) is 0 Å². The largest absolute Gasteiger partial charge is 0.327 e. The molecule has 3 heteroatoms. The van der Waals surface area contributed by atoms with Gasteiger partial charge in [0.05, 0.1) is 5.69 Å². The van der Waals surface area contributed by atoms with Crippen molar-refractivity contribution in [3.63, 3.8) is 0 Å². The average molecular weight is 265 g/mol. The second kappa shape index (κ2) is 9.13. The summed E-state index contributed by atoms with van der Waals surface area (Å²) >= 11 is 0. The Morgan fingerprint density at radius 1 is 1.16 bits per heavy atom. The van der Waals surface area contributed by atoms with E-state index in [0.717, 1.165) is 19.3 Å². The van der Waals surface area contributed by atoms with Crippen LogP contribution in [0.3, 0.4) is 0 Å². The number of aryl methyl sites for hydroxylation is 2. The minimum atomic E-state index is 0.284. The van der Waals surface area contributed by atoms with Gasteiger partial charge in [0.25, 0.3) is 0 Å². The highest BCUT2D eigenvalue weighted by molar-refractivity contribution is 5.11. The third-order valence-corrected chi connectivity index (χ3v) is 3.79. The Morgan fingerprint density at radius 2 is 1.84 bits per heavy atom. The van der Waals surface area contributed by atoms with Crippen LogP contribution in [0, 0.1) is 0 Å². The molecule has 3 nitrogen and oxygen atoms in total. The fourth-order valence-corrected chi connectivity index (χ4v) is 2.49.